The summed E-state index contributed by atoms with van der Waals surface area (Å²) < 4.78 is 12.6. The molecule has 0 bridgehead atoms. The van der Waals surface area contributed by atoms with Crippen LogP contribution >= 0.6 is 11.6 Å². The molecule has 60 valence electrons. The third-order valence-corrected chi connectivity index (χ3v) is 1.30. The van der Waals surface area contributed by atoms with Crippen molar-refractivity contribution >= 4 is 17.3 Å². The molecule has 0 unspecified atom stereocenters. The molecule has 0 aromatic carbocycles. The molecule has 0 spiro atoms. The van der Waals surface area contributed by atoms with Gasteiger partial charge in [0.2, 0.25) is 0 Å². The van der Waals surface area contributed by atoms with Gasteiger partial charge in [0, 0.05) is 6.20 Å². The lowest BCUT2D eigenvalue weighted by Gasteiger charge is -2.09. The Morgan fingerprint density at radius 3 is 2.45 bits per heavy atom. The van der Waals surface area contributed by atoms with Crippen molar-refractivity contribution in [1.29, 1.82) is 0 Å². The lowest BCUT2D eigenvalue weighted by Crippen LogP contribution is -2.13. The minimum absolute atomic E-state index is 0.171. The van der Waals surface area contributed by atoms with Crippen LogP contribution in [0.25, 0.3) is 0 Å². The van der Waals surface area contributed by atoms with Crippen molar-refractivity contribution in [3.63, 3.8) is 0 Å². The third kappa shape index (κ3) is 1.56. The average molecular weight is 179 g/mol. The minimum Gasteiger partial charge on any atom is -0.264 e. The summed E-state index contributed by atoms with van der Waals surface area (Å²) in [6.45, 7) is 0. The zero-order chi connectivity index (χ0) is 8.43. The molecular formula is C5H4ClFN2O2. The van der Waals surface area contributed by atoms with Gasteiger partial charge in [0.1, 0.15) is 0 Å². The first kappa shape index (κ1) is 8.19. The molecule has 1 heterocycles. The molecule has 0 saturated heterocycles. The summed E-state index contributed by atoms with van der Waals surface area (Å²) in [6.07, 6.45) is 1.92. The number of aromatic nitrogens is 1. The van der Waals surface area contributed by atoms with Crippen molar-refractivity contribution < 1.29 is 14.8 Å². The first-order chi connectivity index (χ1) is 5.13. The van der Waals surface area contributed by atoms with Crippen LogP contribution in [-0.2, 0) is 0 Å². The first-order valence-electron chi connectivity index (χ1n) is 2.60. The van der Waals surface area contributed by atoms with Crippen LogP contribution in [0.5, 0.6) is 0 Å². The Balaban J connectivity index is 3.21. The third-order valence-electron chi connectivity index (χ3n) is 1.03. The van der Waals surface area contributed by atoms with Crippen molar-refractivity contribution in [3.8, 4) is 0 Å². The summed E-state index contributed by atoms with van der Waals surface area (Å²) in [7, 11) is 0. The highest BCUT2D eigenvalue weighted by Gasteiger charge is 2.11. The van der Waals surface area contributed by atoms with Crippen LogP contribution < -0.4 is 5.23 Å². The molecule has 0 fully saturated rings. The Morgan fingerprint density at radius 1 is 1.45 bits per heavy atom. The highest BCUT2D eigenvalue weighted by atomic mass is 35.5. The van der Waals surface area contributed by atoms with Crippen molar-refractivity contribution in [2.45, 2.75) is 0 Å². The molecule has 2 N–H and O–H groups in total. The molecule has 1 aromatic rings. The Bertz CT molecular complexity index is 248. The van der Waals surface area contributed by atoms with Crippen LogP contribution in [-0.4, -0.2) is 15.4 Å². The molecular weight excluding hydrogens is 175 g/mol. The number of hydrogen-bond donors (Lipinski definition) is 2. The van der Waals surface area contributed by atoms with Gasteiger partial charge >= 0.3 is 0 Å². The minimum atomic E-state index is -0.900. The maximum absolute atomic E-state index is 12.6. The van der Waals surface area contributed by atoms with Gasteiger partial charge < -0.3 is 0 Å². The predicted molar refractivity (Wildman–Crippen MR) is 35.3 cm³/mol. The fourth-order valence-electron chi connectivity index (χ4n) is 0.596. The van der Waals surface area contributed by atoms with Gasteiger partial charge in [0.15, 0.2) is 11.5 Å². The van der Waals surface area contributed by atoms with Gasteiger partial charge in [-0.05, 0) is 0 Å². The van der Waals surface area contributed by atoms with E-state index in [0.717, 1.165) is 12.4 Å². The molecule has 11 heavy (non-hydrogen) atoms. The van der Waals surface area contributed by atoms with E-state index in [1.165, 1.54) is 0 Å². The second kappa shape index (κ2) is 3.00. The van der Waals surface area contributed by atoms with Crippen LogP contribution in [0.2, 0.25) is 5.02 Å². The van der Waals surface area contributed by atoms with Gasteiger partial charge in [-0.3, -0.25) is 15.4 Å². The Hall–Kier alpha value is -0.910. The Kier molecular flexibility index (Phi) is 2.23. The van der Waals surface area contributed by atoms with Gasteiger partial charge in [-0.15, -0.1) is 5.23 Å². The fourth-order valence-corrected chi connectivity index (χ4v) is 0.818. The molecule has 0 radical (unpaired) electrons. The van der Waals surface area contributed by atoms with Gasteiger partial charge in [-0.25, -0.2) is 4.39 Å². The quantitative estimate of drug-likeness (QED) is 0.640. The van der Waals surface area contributed by atoms with E-state index in [1.54, 1.807) is 0 Å². The molecule has 6 heteroatoms. The number of hydrogen-bond acceptors (Lipinski definition) is 4. The number of anilines is 1. The van der Waals surface area contributed by atoms with Gasteiger partial charge in [0.05, 0.1) is 11.2 Å². The molecule has 0 saturated carbocycles. The number of pyridine rings is 1. The van der Waals surface area contributed by atoms with Gasteiger partial charge in [-0.1, -0.05) is 11.6 Å². The lowest BCUT2D eigenvalue weighted by atomic mass is 10.4. The molecule has 0 amide bonds. The highest BCUT2D eigenvalue weighted by Crippen LogP contribution is 2.24. The Morgan fingerprint density at radius 2 is 2.09 bits per heavy atom. The average Bonchev–Trinajstić information content (AvgIpc) is 1.85. The van der Waals surface area contributed by atoms with E-state index in [9.17, 15) is 4.39 Å². The summed E-state index contributed by atoms with van der Waals surface area (Å²) in [6, 6.07) is 0. The summed E-state index contributed by atoms with van der Waals surface area (Å²) in [5.74, 6) is -0.900. The fraction of sp³-hybridized carbons (Fsp3) is 0. The smallest absolute Gasteiger partial charge is 0.171 e. The number of nitrogens with zero attached hydrogens (tertiary/aromatic N) is 2. The maximum Gasteiger partial charge on any atom is 0.171 e. The molecule has 4 nitrogen and oxygen atoms in total. The van der Waals surface area contributed by atoms with E-state index in [4.69, 9.17) is 22.0 Å². The highest BCUT2D eigenvalue weighted by molar-refractivity contribution is 6.33. The van der Waals surface area contributed by atoms with Gasteiger partial charge in [0.25, 0.3) is 0 Å². The van der Waals surface area contributed by atoms with E-state index in [2.05, 4.69) is 4.98 Å². The molecule has 0 aliphatic heterocycles. The molecule has 0 atom stereocenters. The normalized spacial score (nSPS) is 9.82. The second-order valence-corrected chi connectivity index (χ2v) is 2.15. The van der Waals surface area contributed by atoms with Crippen molar-refractivity contribution in [2.75, 3.05) is 5.23 Å². The monoisotopic (exact) mass is 178 g/mol. The van der Waals surface area contributed by atoms with Crippen LogP contribution in [0, 0.1) is 5.82 Å². The van der Waals surface area contributed by atoms with E-state index in [0.29, 0.717) is 0 Å². The molecule has 0 aliphatic carbocycles. The van der Waals surface area contributed by atoms with Crippen molar-refractivity contribution in [2.24, 2.45) is 0 Å². The van der Waals surface area contributed by atoms with E-state index in [-0.39, 0.29) is 10.2 Å². The molecule has 1 aromatic heterocycles. The largest absolute Gasteiger partial charge is 0.264 e. The zero-order valence-electron chi connectivity index (χ0n) is 5.20. The summed E-state index contributed by atoms with van der Waals surface area (Å²) >= 11 is 5.36. The number of rotatable bonds is 1. The van der Waals surface area contributed by atoms with Crippen molar-refractivity contribution in [1.82, 2.24) is 4.98 Å². The Labute approximate surface area is 66.4 Å². The second-order valence-electron chi connectivity index (χ2n) is 1.74. The predicted octanol–water partition coefficient (Wildman–Crippen LogP) is 1.46. The van der Waals surface area contributed by atoms with E-state index < -0.39 is 11.5 Å². The van der Waals surface area contributed by atoms with Crippen LogP contribution in [0.15, 0.2) is 12.4 Å². The summed E-state index contributed by atoms with van der Waals surface area (Å²) in [4.78, 5) is 3.37. The van der Waals surface area contributed by atoms with Gasteiger partial charge in [-0.2, -0.15) is 0 Å². The topological polar surface area (TPSA) is 56.6 Å². The lowest BCUT2D eigenvalue weighted by molar-refractivity contribution is 0.0272. The van der Waals surface area contributed by atoms with E-state index >= 15 is 0 Å². The maximum atomic E-state index is 12.6. The van der Waals surface area contributed by atoms with E-state index in [1.807, 2.05) is 0 Å². The molecule has 0 aliphatic rings. The van der Waals surface area contributed by atoms with Crippen LogP contribution in [0.1, 0.15) is 0 Å². The summed E-state index contributed by atoms with van der Waals surface area (Å²) in [5, 5.41) is 16.3. The first-order valence-corrected chi connectivity index (χ1v) is 2.97. The van der Waals surface area contributed by atoms with Crippen LogP contribution in [0.4, 0.5) is 10.1 Å². The van der Waals surface area contributed by atoms with Crippen LogP contribution in [0.3, 0.4) is 0 Å². The molecule has 1 rings (SSSR count). The summed E-state index contributed by atoms with van der Waals surface area (Å²) in [5.41, 5.74) is -0.512. The standard InChI is InChI=1S/C5H4ClFN2O2/c6-3-1-8-2-4(7)5(3)9(10)11/h1-2,10-11H. The van der Waals surface area contributed by atoms with Crippen molar-refractivity contribution in [3.05, 3.63) is 23.2 Å². The zero-order valence-corrected chi connectivity index (χ0v) is 5.96. The SMILES string of the molecule is ON(O)c1c(F)cncc1Cl. The number of halogens is 2.